The molecule has 2 heteroatoms. The van der Waals surface area contributed by atoms with Crippen LogP contribution in [0.3, 0.4) is 0 Å². The van der Waals surface area contributed by atoms with Gasteiger partial charge in [-0.25, -0.2) is 0 Å². The minimum atomic E-state index is 1.14. The minimum Gasteiger partial charge on any atom is -0.340 e. The molecule has 0 aliphatic carbocycles. The van der Waals surface area contributed by atoms with Crippen LogP contribution >= 0.6 is 0 Å². The van der Waals surface area contributed by atoms with E-state index in [1.165, 1.54) is 80.0 Å². The average Bonchev–Trinajstić information content (AvgIpc) is 3.25. The van der Waals surface area contributed by atoms with Crippen molar-refractivity contribution < 1.29 is 0 Å². The highest BCUT2D eigenvalue weighted by molar-refractivity contribution is 6.07. The summed E-state index contributed by atoms with van der Waals surface area (Å²) in [6.07, 6.45) is 8.18. The number of unbranched alkanes of at least 4 members (excludes halogenated alkanes) is 3. The zero-order valence-corrected chi connectivity index (χ0v) is 14.6. The van der Waals surface area contributed by atoms with Crippen LogP contribution in [0.15, 0.2) is 48.5 Å². The summed E-state index contributed by atoms with van der Waals surface area (Å²) in [5.41, 5.74) is 2.77. The predicted molar refractivity (Wildman–Crippen MR) is 104 cm³/mol. The molecule has 0 spiro atoms. The van der Waals surface area contributed by atoms with Gasteiger partial charge in [-0.15, -0.1) is 0 Å². The van der Waals surface area contributed by atoms with Crippen molar-refractivity contribution in [1.29, 1.82) is 0 Å². The van der Waals surface area contributed by atoms with Gasteiger partial charge in [0.05, 0.1) is 0 Å². The molecule has 0 bridgehead atoms. The Labute approximate surface area is 145 Å². The minimum absolute atomic E-state index is 1.14. The highest BCUT2D eigenvalue weighted by atomic mass is 15.1. The topological polar surface area (TPSA) is 8.17 Å². The van der Waals surface area contributed by atoms with Gasteiger partial charge in [-0.05, 0) is 57.5 Å². The number of hydrogen-bond acceptors (Lipinski definition) is 1. The number of aryl methyl sites for hydroxylation is 1. The van der Waals surface area contributed by atoms with Crippen LogP contribution in [0.25, 0.3) is 21.8 Å². The van der Waals surface area contributed by atoms with Crippen LogP contribution < -0.4 is 0 Å². The lowest BCUT2D eigenvalue weighted by Gasteiger charge is -2.14. The van der Waals surface area contributed by atoms with Gasteiger partial charge >= 0.3 is 0 Å². The Morgan fingerprint density at radius 1 is 0.625 bits per heavy atom. The summed E-state index contributed by atoms with van der Waals surface area (Å²) >= 11 is 0. The lowest BCUT2D eigenvalue weighted by atomic mass is 10.2. The van der Waals surface area contributed by atoms with E-state index in [0.717, 1.165) is 6.54 Å². The van der Waals surface area contributed by atoms with E-state index in [0.29, 0.717) is 0 Å². The summed E-state index contributed by atoms with van der Waals surface area (Å²) in [4.78, 5) is 2.63. The molecule has 4 rings (SSSR count). The summed E-state index contributed by atoms with van der Waals surface area (Å²) in [7, 11) is 0. The van der Waals surface area contributed by atoms with Gasteiger partial charge in [0, 0.05) is 28.4 Å². The Morgan fingerprint density at radius 3 is 1.79 bits per heavy atom. The summed E-state index contributed by atoms with van der Waals surface area (Å²) < 4.78 is 2.52. The lowest BCUT2D eigenvalue weighted by molar-refractivity contribution is 0.327. The van der Waals surface area contributed by atoms with E-state index in [4.69, 9.17) is 0 Å². The molecule has 0 atom stereocenters. The van der Waals surface area contributed by atoms with Gasteiger partial charge in [0.15, 0.2) is 0 Å². The summed E-state index contributed by atoms with van der Waals surface area (Å²) in [6.45, 7) is 5.12. The molecule has 2 aromatic carbocycles. The summed E-state index contributed by atoms with van der Waals surface area (Å²) in [5.74, 6) is 0. The zero-order valence-electron chi connectivity index (χ0n) is 14.6. The molecule has 126 valence electrons. The van der Waals surface area contributed by atoms with Crippen LogP contribution in [0.4, 0.5) is 0 Å². The van der Waals surface area contributed by atoms with E-state index in [1.807, 2.05) is 0 Å². The Balaban J connectivity index is 1.37. The molecule has 0 radical (unpaired) electrons. The van der Waals surface area contributed by atoms with Crippen molar-refractivity contribution in [3.63, 3.8) is 0 Å². The Morgan fingerprint density at radius 2 is 1.17 bits per heavy atom. The second-order valence-corrected chi connectivity index (χ2v) is 7.15. The highest BCUT2D eigenvalue weighted by Crippen LogP contribution is 2.29. The molecule has 0 N–H and O–H groups in total. The number of aromatic nitrogens is 1. The third-order valence-corrected chi connectivity index (χ3v) is 5.48. The quantitative estimate of drug-likeness (QED) is 0.525. The van der Waals surface area contributed by atoms with Crippen LogP contribution in [-0.4, -0.2) is 29.1 Å². The average molecular weight is 320 g/mol. The van der Waals surface area contributed by atoms with E-state index < -0.39 is 0 Å². The van der Waals surface area contributed by atoms with Crippen molar-refractivity contribution in [3.8, 4) is 0 Å². The van der Waals surface area contributed by atoms with Gasteiger partial charge in [0.1, 0.15) is 0 Å². The fourth-order valence-corrected chi connectivity index (χ4v) is 4.21. The molecule has 1 aromatic heterocycles. The lowest BCUT2D eigenvalue weighted by Crippen LogP contribution is -2.20. The van der Waals surface area contributed by atoms with Gasteiger partial charge in [0.2, 0.25) is 0 Å². The maximum absolute atomic E-state index is 2.63. The van der Waals surface area contributed by atoms with Crippen LogP contribution in [0.2, 0.25) is 0 Å². The number of nitrogens with zero attached hydrogens (tertiary/aromatic N) is 2. The van der Waals surface area contributed by atoms with Crippen LogP contribution in [0, 0.1) is 0 Å². The third kappa shape index (κ3) is 3.21. The zero-order chi connectivity index (χ0) is 16.2. The van der Waals surface area contributed by atoms with E-state index in [-0.39, 0.29) is 0 Å². The Hall–Kier alpha value is -1.80. The molecule has 2 nitrogen and oxygen atoms in total. The Kier molecular flexibility index (Phi) is 4.84. The second kappa shape index (κ2) is 7.40. The number of benzene rings is 2. The van der Waals surface area contributed by atoms with E-state index in [9.17, 15) is 0 Å². The molecule has 1 saturated heterocycles. The fraction of sp³-hybridized carbons (Fsp3) is 0.455. The van der Waals surface area contributed by atoms with Crippen LogP contribution in [0.5, 0.6) is 0 Å². The first-order chi connectivity index (χ1) is 11.9. The van der Waals surface area contributed by atoms with Crippen molar-refractivity contribution in [2.45, 2.75) is 45.1 Å². The van der Waals surface area contributed by atoms with Crippen molar-refractivity contribution in [2.24, 2.45) is 0 Å². The van der Waals surface area contributed by atoms with Crippen molar-refractivity contribution in [1.82, 2.24) is 9.47 Å². The third-order valence-electron chi connectivity index (χ3n) is 5.48. The maximum atomic E-state index is 2.63. The van der Waals surface area contributed by atoms with E-state index in [2.05, 4.69) is 58.0 Å². The molecule has 0 unspecified atom stereocenters. The van der Waals surface area contributed by atoms with Gasteiger partial charge in [0.25, 0.3) is 0 Å². The second-order valence-electron chi connectivity index (χ2n) is 7.15. The smallest absolute Gasteiger partial charge is 0.0491 e. The van der Waals surface area contributed by atoms with Gasteiger partial charge in [-0.3, -0.25) is 0 Å². The van der Waals surface area contributed by atoms with Crippen molar-refractivity contribution in [2.75, 3.05) is 19.6 Å². The molecule has 3 aromatic rings. The van der Waals surface area contributed by atoms with E-state index in [1.54, 1.807) is 0 Å². The molecule has 1 aliphatic heterocycles. The summed E-state index contributed by atoms with van der Waals surface area (Å²) in [5, 5.41) is 2.78. The molecule has 0 amide bonds. The molecular formula is C22H28N2. The summed E-state index contributed by atoms with van der Waals surface area (Å²) in [6, 6.07) is 17.7. The maximum Gasteiger partial charge on any atom is 0.0491 e. The largest absolute Gasteiger partial charge is 0.340 e. The molecule has 24 heavy (non-hydrogen) atoms. The number of para-hydroxylation sites is 2. The molecular weight excluding hydrogens is 292 g/mol. The first-order valence-electron chi connectivity index (χ1n) is 9.62. The molecule has 1 fully saturated rings. The predicted octanol–water partition coefficient (Wildman–Crippen LogP) is 5.45. The standard InChI is InChI=1S/C22H28N2/c1(7-15-23-16-9-10-17-23)2-8-18-24-21-13-5-3-11-19(21)20-12-4-6-14-22(20)24/h3-6,11-14H,1-2,7-10,15-18H2. The first kappa shape index (κ1) is 15.7. The van der Waals surface area contributed by atoms with Crippen molar-refractivity contribution >= 4 is 21.8 Å². The van der Waals surface area contributed by atoms with E-state index >= 15 is 0 Å². The normalized spacial score (nSPS) is 15.7. The van der Waals surface area contributed by atoms with Gasteiger partial charge in [-0.1, -0.05) is 49.2 Å². The van der Waals surface area contributed by atoms with Gasteiger partial charge in [-0.2, -0.15) is 0 Å². The van der Waals surface area contributed by atoms with Crippen molar-refractivity contribution in [3.05, 3.63) is 48.5 Å². The van der Waals surface area contributed by atoms with Gasteiger partial charge < -0.3 is 9.47 Å². The number of fused-ring (bicyclic) bond motifs is 3. The molecule has 0 saturated carbocycles. The molecule has 2 heterocycles. The fourth-order valence-electron chi connectivity index (χ4n) is 4.21. The number of likely N-dealkylation sites (tertiary alicyclic amines) is 1. The molecule has 1 aliphatic rings. The number of hydrogen-bond donors (Lipinski definition) is 0. The first-order valence-corrected chi connectivity index (χ1v) is 9.62. The Bertz CT molecular complexity index is 743. The monoisotopic (exact) mass is 320 g/mol. The van der Waals surface area contributed by atoms with Crippen LogP contribution in [0.1, 0.15) is 38.5 Å². The number of rotatable bonds is 7. The SMILES string of the molecule is c1ccc2c(c1)c1ccccc1n2CCCCCCN1CCCC1. The van der Waals surface area contributed by atoms with Crippen LogP contribution in [-0.2, 0) is 6.54 Å². The highest BCUT2D eigenvalue weighted by Gasteiger charge is 2.11.